The third-order valence-electron chi connectivity index (χ3n) is 2.51. The fraction of sp³-hybridized carbons (Fsp3) is 0.250. The first-order valence-corrected chi connectivity index (χ1v) is 6.34. The highest BCUT2D eigenvalue weighted by atomic mass is 79.9. The number of anilines is 1. The highest BCUT2D eigenvalue weighted by Gasteiger charge is 2.30. The molecule has 0 amide bonds. The van der Waals surface area contributed by atoms with Crippen molar-refractivity contribution in [2.45, 2.75) is 12.7 Å². The van der Waals surface area contributed by atoms with Gasteiger partial charge in [0.1, 0.15) is 0 Å². The number of nitrogens with zero attached hydrogens (tertiary/aromatic N) is 2. The van der Waals surface area contributed by atoms with Gasteiger partial charge in [-0.15, -0.1) is 0 Å². The molecule has 1 aromatic heterocycles. The van der Waals surface area contributed by atoms with Gasteiger partial charge in [-0.3, -0.25) is 4.68 Å². The minimum absolute atomic E-state index is 0.419. The van der Waals surface area contributed by atoms with Crippen molar-refractivity contribution in [3.63, 3.8) is 0 Å². The Kier molecular flexibility index (Phi) is 4.14. The van der Waals surface area contributed by atoms with Crippen LogP contribution in [0, 0.1) is 0 Å². The molecular formula is C12H11BrF3N3. The molecule has 2 aromatic rings. The van der Waals surface area contributed by atoms with E-state index in [4.69, 9.17) is 0 Å². The van der Waals surface area contributed by atoms with Crippen molar-refractivity contribution < 1.29 is 13.2 Å². The van der Waals surface area contributed by atoms with Crippen LogP contribution in [0.15, 0.2) is 41.1 Å². The van der Waals surface area contributed by atoms with Crippen LogP contribution in [0.5, 0.6) is 0 Å². The van der Waals surface area contributed by atoms with E-state index >= 15 is 0 Å². The Labute approximate surface area is 116 Å². The topological polar surface area (TPSA) is 29.9 Å². The number of hydrogen-bond donors (Lipinski definition) is 1. The third kappa shape index (κ3) is 3.73. The average Bonchev–Trinajstić information content (AvgIpc) is 2.83. The van der Waals surface area contributed by atoms with Crippen LogP contribution < -0.4 is 5.32 Å². The van der Waals surface area contributed by atoms with E-state index in [0.717, 1.165) is 12.1 Å². The van der Waals surface area contributed by atoms with Crippen molar-refractivity contribution in [1.82, 2.24) is 9.78 Å². The maximum atomic E-state index is 12.6. The molecule has 2 rings (SSSR count). The zero-order chi connectivity index (χ0) is 13.9. The Hall–Kier alpha value is -1.50. The summed E-state index contributed by atoms with van der Waals surface area (Å²) in [6.07, 6.45) is -0.887. The Morgan fingerprint density at radius 2 is 2.11 bits per heavy atom. The second-order valence-electron chi connectivity index (χ2n) is 3.89. The average molecular weight is 334 g/mol. The lowest BCUT2D eigenvalue weighted by Gasteiger charge is -2.12. The van der Waals surface area contributed by atoms with Crippen molar-refractivity contribution in [1.29, 1.82) is 0 Å². The summed E-state index contributed by atoms with van der Waals surface area (Å²) in [6.45, 7) is 1.07. The van der Waals surface area contributed by atoms with Gasteiger partial charge in [-0.05, 0) is 40.2 Å². The molecule has 0 bridgehead atoms. The molecule has 0 atom stereocenters. The zero-order valence-electron chi connectivity index (χ0n) is 9.78. The number of alkyl halides is 3. The van der Waals surface area contributed by atoms with Gasteiger partial charge in [0.05, 0.1) is 12.1 Å². The number of benzene rings is 1. The molecule has 19 heavy (non-hydrogen) atoms. The Morgan fingerprint density at radius 1 is 1.32 bits per heavy atom. The third-order valence-corrected chi connectivity index (χ3v) is 3.20. The fourth-order valence-corrected chi connectivity index (χ4v) is 1.96. The summed E-state index contributed by atoms with van der Waals surface area (Å²) in [4.78, 5) is 0. The molecule has 1 aromatic carbocycles. The van der Waals surface area contributed by atoms with Gasteiger partial charge in [0.25, 0.3) is 0 Å². The summed E-state index contributed by atoms with van der Waals surface area (Å²) in [7, 11) is 0. The molecule has 1 N–H and O–H groups in total. The van der Waals surface area contributed by atoms with Gasteiger partial charge >= 0.3 is 6.18 Å². The SMILES string of the molecule is FC(F)(F)c1ccc(Br)c(NCCn2cccn2)c1. The van der Waals surface area contributed by atoms with Gasteiger partial charge in [-0.2, -0.15) is 18.3 Å². The van der Waals surface area contributed by atoms with Crippen molar-refractivity contribution in [2.24, 2.45) is 0 Å². The summed E-state index contributed by atoms with van der Waals surface area (Å²) in [6, 6.07) is 5.31. The second kappa shape index (κ2) is 5.64. The first-order chi connectivity index (χ1) is 8.97. The Balaban J connectivity index is 2.03. The van der Waals surface area contributed by atoms with E-state index in [1.165, 1.54) is 6.07 Å². The number of hydrogen-bond acceptors (Lipinski definition) is 2. The molecule has 0 spiro atoms. The number of halogens is 4. The zero-order valence-corrected chi connectivity index (χ0v) is 11.4. The highest BCUT2D eigenvalue weighted by molar-refractivity contribution is 9.10. The maximum Gasteiger partial charge on any atom is 0.416 e. The molecule has 102 valence electrons. The molecular weight excluding hydrogens is 323 g/mol. The van der Waals surface area contributed by atoms with Crippen molar-refractivity contribution >= 4 is 21.6 Å². The van der Waals surface area contributed by atoms with Crippen LogP contribution in [0.1, 0.15) is 5.56 Å². The van der Waals surface area contributed by atoms with Crippen LogP contribution >= 0.6 is 15.9 Å². The van der Waals surface area contributed by atoms with Crippen LogP contribution in [-0.2, 0) is 12.7 Å². The smallest absolute Gasteiger partial charge is 0.382 e. The van der Waals surface area contributed by atoms with Gasteiger partial charge in [-0.1, -0.05) is 0 Å². The fourth-order valence-electron chi connectivity index (χ4n) is 1.57. The summed E-state index contributed by atoms with van der Waals surface area (Å²) in [5, 5.41) is 6.97. The predicted molar refractivity (Wildman–Crippen MR) is 69.9 cm³/mol. The van der Waals surface area contributed by atoms with E-state index in [2.05, 4.69) is 26.3 Å². The van der Waals surface area contributed by atoms with Gasteiger partial charge in [0.15, 0.2) is 0 Å². The normalized spacial score (nSPS) is 11.6. The van der Waals surface area contributed by atoms with Gasteiger partial charge < -0.3 is 5.32 Å². The van der Waals surface area contributed by atoms with E-state index in [9.17, 15) is 13.2 Å². The number of nitrogens with one attached hydrogen (secondary N) is 1. The number of rotatable bonds is 4. The van der Waals surface area contributed by atoms with Crippen LogP contribution in [0.4, 0.5) is 18.9 Å². The molecule has 7 heteroatoms. The molecule has 0 aliphatic heterocycles. The molecule has 0 unspecified atom stereocenters. The number of aromatic nitrogens is 2. The lowest BCUT2D eigenvalue weighted by atomic mass is 10.2. The molecule has 0 aliphatic rings. The molecule has 1 heterocycles. The van der Waals surface area contributed by atoms with Gasteiger partial charge in [-0.25, -0.2) is 0 Å². The molecule has 0 aliphatic carbocycles. The summed E-state index contributed by atoms with van der Waals surface area (Å²) >= 11 is 3.22. The van der Waals surface area contributed by atoms with E-state index in [-0.39, 0.29) is 0 Å². The lowest BCUT2D eigenvalue weighted by molar-refractivity contribution is -0.137. The summed E-state index contributed by atoms with van der Waals surface area (Å²) < 4.78 is 40.1. The van der Waals surface area contributed by atoms with Gasteiger partial charge in [0, 0.05) is 29.1 Å². The molecule has 0 radical (unpaired) electrons. The van der Waals surface area contributed by atoms with Crippen LogP contribution in [0.25, 0.3) is 0 Å². The molecule has 3 nitrogen and oxygen atoms in total. The van der Waals surface area contributed by atoms with Gasteiger partial charge in [0.2, 0.25) is 0 Å². The molecule has 0 saturated heterocycles. The quantitative estimate of drug-likeness (QED) is 0.922. The standard InChI is InChI=1S/C12H11BrF3N3/c13-10-3-2-9(12(14,15)16)8-11(10)17-5-7-19-6-1-4-18-19/h1-4,6,8,17H,5,7H2. The van der Waals surface area contributed by atoms with Crippen molar-refractivity contribution in [3.8, 4) is 0 Å². The summed E-state index contributed by atoms with van der Waals surface area (Å²) in [5.41, 5.74) is -0.251. The van der Waals surface area contributed by atoms with Crippen molar-refractivity contribution in [2.75, 3.05) is 11.9 Å². The second-order valence-corrected chi connectivity index (χ2v) is 4.74. The monoisotopic (exact) mass is 333 g/mol. The van der Waals surface area contributed by atoms with Crippen LogP contribution in [0.2, 0.25) is 0 Å². The molecule has 0 fully saturated rings. The van der Waals surface area contributed by atoms with E-state index in [0.29, 0.717) is 23.2 Å². The first-order valence-electron chi connectivity index (χ1n) is 5.55. The van der Waals surface area contributed by atoms with E-state index < -0.39 is 11.7 Å². The first kappa shape index (κ1) is 13.9. The summed E-state index contributed by atoms with van der Waals surface area (Å²) in [5.74, 6) is 0. The minimum atomic E-state index is -4.33. The van der Waals surface area contributed by atoms with E-state index in [1.54, 1.807) is 23.1 Å². The largest absolute Gasteiger partial charge is 0.416 e. The Bertz CT molecular complexity index is 538. The van der Waals surface area contributed by atoms with Crippen molar-refractivity contribution in [3.05, 3.63) is 46.7 Å². The lowest BCUT2D eigenvalue weighted by Crippen LogP contribution is -2.12. The van der Waals surface area contributed by atoms with Crippen LogP contribution in [0.3, 0.4) is 0 Å². The Morgan fingerprint density at radius 3 is 2.74 bits per heavy atom. The predicted octanol–water partition coefficient (Wildman–Crippen LogP) is 3.78. The highest BCUT2D eigenvalue weighted by Crippen LogP contribution is 2.33. The minimum Gasteiger partial charge on any atom is -0.382 e. The van der Waals surface area contributed by atoms with E-state index in [1.807, 2.05) is 0 Å². The molecule has 0 saturated carbocycles. The maximum absolute atomic E-state index is 12.6. The van der Waals surface area contributed by atoms with Crippen LogP contribution in [-0.4, -0.2) is 16.3 Å².